The summed E-state index contributed by atoms with van der Waals surface area (Å²) >= 11 is 0. The Morgan fingerprint density at radius 3 is 2.33 bits per heavy atom. The van der Waals surface area contributed by atoms with Gasteiger partial charge in [0.05, 0.1) is 20.3 Å². The SMILES string of the molecule is COc1ccc(CCCO)c(OC(C)C)c1OC. The van der Waals surface area contributed by atoms with Gasteiger partial charge >= 0.3 is 0 Å². The number of rotatable bonds is 7. The van der Waals surface area contributed by atoms with Crippen molar-refractivity contribution in [2.75, 3.05) is 20.8 Å². The first-order valence-corrected chi connectivity index (χ1v) is 6.15. The molecule has 1 aromatic rings. The molecule has 0 aromatic heterocycles. The van der Waals surface area contributed by atoms with Gasteiger partial charge < -0.3 is 19.3 Å². The van der Waals surface area contributed by atoms with Crippen molar-refractivity contribution in [2.24, 2.45) is 0 Å². The number of aliphatic hydroxyl groups is 1. The van der Waals surface area contributed by atoms with Gasteiger partial charge in [0.1, 0.15) is 0 Å². The highest BCUT2D eigenvalue weighted by molar-refractivity contribution is 5.55. The molecule has 0 unspecified atom stereocenters. The van der Waals surface area contributed by atoms with Crippen LogP contribution in [-0.2, 0) is 6.42 Å². The smallest absolute Gasteiger partial charge is 0.203 e. The predicted molar refractivity (Wildman–Crippen MR) is 70.7 cm³/mol. The molecule has 0 radical (unpaired) electrons. The van der Waals surface area contributed by atoms with Crippen molar-refractivity contribution >= 4 is 0 Å². The third-order valence-corrected chi connectivity index (χ3v) is 2.54. The molecule has 0 heterocycles. The van der Waals surface area contributed by atoms with E-state index in [-0.39, 0.29) is 12.7 Å². The summed E-state index contributed by atoms with van der Waals surface area (Å²) in [6, 6.07) is 3.81. The second-order valence-electron chi connectivity index (χ2n) is 4.28. The fourth-order valence-electron chi connectivity index (χ4n) is 1.77. The monoisotopic (exact) mass is 254 g/mol. The fraction of sp³-hybridized carbons (Fsp3) is 0.571. The minimum atomic E-state index is 0.0545. The third kappa shape index (κ3) is 3.53. The molecule has 0 bridgehead atoms. The highest BCUT2D eigenvalue weighted by atomic mass is 16.5. The molecule has 0 spiro atoms. The molecule has 0 amide bonds. The molecule has 4 heteroatoms. The quantitative estimate of drug-likeness (QED) is 0.811. The second kappa shape index (κ2) is 7.11. The largest absolute Gasteiger partial charge is 0.493 e. The third-order valence-electron chi connectivity index (χ3n) is 2.54. The van der Waals surface area contributed by atoms with Crippen LogP contribution in [0.1, 0.15) is 25.8 Å². The zero-order chi connectivity index (χ0) is 13.5. The molecule has 1 rings (SSSR count). The first-order chi connectivity index (χ1) is 8.63. The van der Waals surface area contributed by atoms with Gasteiger partial charge in [0.2, 0.25) is 5.75 Å². The zero-order valence-electron chi connectivity index (χ0n) is 11.5. The van der Waals surface area contributed by atoms with Gasteiger partial charge in [-0.1, -0.05) is 6.07 Å². The Kier molecular flexibility index (Phi) is 5.78. The van der Waals surface area contributed by atoms with Gasteiger partial charge in [0.25, 0.3) is 0 Å². The highest BCUT2D eigenvalue weighted by Gasteiger charge is 2.17. The van der Waals surface area contributed by atoms with Crippen LogP contribution in [0.5, 0.6) is 17.2 Å². The Hall–Kier alpha value is -1.42. The fourth-order valence-corrected chi connectivity index (χ4v) is 1.77. The number of methoxy groups -OCH3 is 2. The predicted octanol–water partition coefficient (Wildman–Crippen LogP) is 2.42. The van der Waals surface area contributed by atoms with Crippen molar-refractivity contribution in [2.45, 2.75) is 32.8 Å². The lowest BCUT2D eigenvalue weighted by Gasteiger charge is -2.19. The van der Waals surface area contributed by atoms with Gasteiger partial charge in [-0.05, 0) is 38.3 Å². The Labute approximate surface area is 108 Å². The summed E-state index contributed by atoms with van der Waals surface area (Å²) in [5, 5.41) is 8.93. The molecule has 0 fully saturated rings. The summed E-state index contributed by atoms with van der Waals surface area (Å²) in [6.45, 7) is 4.10. The molecule has 0 aliphatic carbocycles. The number of hydrogen-bond donors (Lipinski definition) is 1. The van der Waals surface area contributed by atoms with Crippen molar-refractivity contribution in [1.29, 1.82) is 0 Å². The number of hydrogen-bond acceptors (Lipinski definition) is 4. The molecular formula is C14H22O4. The van der Waals surface area contributed by atoms with Crippen LogP contribution >= 0.6 is 0 Å². The molecule has 102 valence electrons. The molecule has 4 nitrogen and oxygen atoms in total. The standard InChI is InChI=1S/C14H22O4/c1-10(2)18-13-11(6-5-9-15)7-8-12(16-3)14(13)17-4/h7-8,10,15H,5-6,9H2,1-4H3. The topological polar surface area (TPSA) is 47.9 Å². The van der Waals surface area contributed by atoms with Crippen LogP contribution in [-0.4, -0.2) is 32.0 Å². The van der Waals surface area contributed by atoms with E-state index in [2.05, 4.69) is 0 Å². The van der Waals surface area contributed by atoms with E-state index < -0.39 is 0 Å². The minimum Gasteiger partial charge on any atom is -0.493 e. The van der Waals surface area contributed by atoms with Gasteiger partial charge in [0.15, 0.2) is 11.5 Å². The van der Waals surface area contributed by atoms with Crippen molar-refractivity contribution in [1.82, 2.24) is 0 Å². The average Bonchev–Trinajstić information content (AvgIpc) is 2.36. The maximum Gasteiger partial charge on any atom is 0.203 e. The lowest BCUT2D eigenvalue weighted by molar-refractivity contribution is 0.223. The van der Waals surface area contributed by atoms with Gasteiger partial charge in [-0.2, -0.15) is 0 Å². The Balaban J connectivity index is 3.16. The van der Waals surface area contributed by atoms with Crippen molar-refractivity contribution in [3.05, 3.63) is 17.7 Å². The summed E-state index contributed by atoms with van der Waals surface area (Å²) in [7, 11) is 3.20. The van der Waals surface area contributed by atoms with Crippen LogP contribution in [0.2, 0.25) is 0 Å². The van der Waals surface area contributed by atoms with Gasteiger partial charge in [-0.3, -0.25) is 0 Å². The second-order valence-corrected chi connectivity index (χ2v) is 4.28. The highest BCUT2D eigenvalue weighted by Crippen LogP contribution is 2.40. The van der Waals surface area contributed by atoms with E-state index in [1.807, 2.05) is 26.0 Å². The average molecular weight is 254 g/mol. The summed E-state index contributed by atoms with van der Waals surface area (Å²) < 4.78 is 16.5. The van der Waals surface area contributed by atoms with E-state index >= 15 is 0 Å². The van der Waals surface area contributed by atoms with E-state index in [0.29, 0.717) is 23.7 Å². The first kappa shape index (κ1) is 14.6. The van der Waals surface area contributed by atoms with Crippen LogP contribution in [0.25, 0.3) is 0 Å². The maximum atomic E-state index is 8.93. The molecule has 1 N–H and O–H groups in total. The van der Waals surface area contributed by atoms with Crippen LogP contribution in [0.4, 0.5) is 0 Å². The molecule has 0 saturated heterocycles. The molecule has 0 atom stereocenters. The number of aryl methyl sites for hydroxylation is 1. The molecule has 0 saturated carbocycles. The Morgan fingerprint density at radius 1 is 1.11 bits per heavy atom. The number of benzene rings is 1. The van der Waals surface area contributed by atoms with Crippen LogP contribution in [0, 0.1) is 0 Å². The van der Waals surface area contributed by atoms with Crippen molar-refractivity contribution in [3.8, 4) is 17.2 Å². The van der Waals surface area contributed by atoms with Gasteiger partial charge in [-0.15, -0.1) is 0 Å². The Bertz CT molecular complexity index is 374. The Morgan fingerprint density at radius 2 is 1.83 bits per heavy atom. The van der Waals surface area contributed by atoms with Crippen LogP contribution < -0.4 is 14.2 Å². The summed E-state index contributed by atoms with van der Waals surface area (Å²) in [6.07, 6.45) is 1.50. The van der Waals surface area contributed by atoms with E-state index in [9.17, 15) is 0 Å². The number of ether oxygens (including phenoxy) is 3. The van der Waals surface area contributed by atoms with E-state index in [0.717, 1.165) is 12.0 Å². The molecular weight excluding hydrogens is 232 g/mol. The van der Waals surface area contributed by atoms with Crippen LogP contribution in [0.3, 0.4) is 0 Å². The van der Waals surface area contributed by atoms with Crippen LogP contribution in [0.15, 0.2) is 12.1 Å². The first-order valence-electron chi connectivity index (χ1n) is 6.15. The lowest BCUT2D eigenvalue weighted by atomic mass is 10.1. The van der Waals surface area contributed by atoms with Gasteiger partial charge in [-0.25, -0.2) is 0 Å². The van der Waals surface area contributed by atoms with E-state index in [4.69, 9.17) is 19.3 Å². The van der Waals surface area contributed by atoms with Gasteiger partial charge in [0, 0.05) is 6.61 Å². The summed E-state index contributed by atoms with van der Waals surface area (Å²) in [5.74, 6) is 1.97. The molecule has 0 aliphatic heterocycles. The number of aliphatic hydroxyl groups excluding tert-OH is 1. The summed E-state index contributed by atoms with van der Waals surface area (Å²) in [4.78, 5) is 0. The minimum absolute atomic E-state index is 0.0545. The van der Waals surface area contributed by atoms with Crippen molar-refractivity contribution in [3.63, 3.8) is 0 Å². The molecule has 0 aliphatic rings. The van der Waals surface area contributed by atoms with E-state index in [1.54, 1.807) is 14.2 Å². The lowest BCUT2D eigenvalue weighted by Crippen LogP contribution is -2.09. The van der Waals surface area contributed by atoms with Crippen molar-refractivity contribution < 1.29 is 19.3 Å². The maximum absolute atomic E-state index is 8.93. The zero-order valence-corrected chi connectivity index (χ0v) is 11.5. The molecule has 1 aromatic carbocycles. The summed E-state index contributed by atoms with van der Waals surface area (Å²) in [5.41, 5.74) is 1.02. The normalized spacial score (nSPS) is 10.6. The van der Waals surface area contributed by atoms with E-state index in [1.165, 1.54) is 0 Å². The molecule has 18 heavy (non-hydrogen) atoms.